The fourth-order valence-corrected chi connectivity index (χ4v) is 4.25. The van der Waals surface area contributed by atoms with Crippen LogP contribution < -0.4 is 10.5 Å². The molecule has 1 unspecified atom stereocenters. The van der Waals surface area contributed by atoms with Gasteiger partial charge in [-0.3, -0.25) is 0 Å². The summed E-state index contributed by atoms with van der Waals surface area (Å²) in [5, 5.41) is 0.355. The number of anilines is 1. The second kappa shape index (κ2) is 5.52. The van der Waals surface area contributed by atoms with Crippen molar-refractivity contribution in [3.05, 3.63) is 22.7 Å². The molecular formula is C13H19ClN2O3S. The van der Waals surface area contributed by atoms with Gasteiger partial charge in [0.1, 0.15) is 0 Å². The van der Waals surface area contributed by atoms with Gasteiger partial charge in [-0.2, -0.15) is 0 Å². The normalized spacial score (nSPS) is 23.8. The van der Waals surface area contributed by atoms with Crippen molar-refractivity contribution in [3.63, 3.8) is 0 Å². The first kappa shape index (κ1) is 15.6. The van der Waals surface area contributed by atoms with E-state index >= 15 is 0 Å². The van der Waals surface area contributed by atoms with Crippen molar-refractivity contribution in [1.82, 2.24) is 4.72 Å². The lowest BCUT2D eigenvalue weighted by atomic mass is 9.97. The van der Waals surface area contributed by atoms with Crippen LogP contribution in [0.15, 0.2) is 17.0 Å². The van der Waals surface area contributed by atoms with Gasteiger partial charge in [0.05, 0.1) is 27.8 Å². The highest BCUT2D eigenvalue weighted by Gasteiger charge is 2.33. The lowest BCUT2D eigenvalue weighted by Crippen LogP contribution is -2.51. The fourth-order valence-electron chi connectivity index (χ4n) is 2.35. The zero-order valence-electron chi connectivity index (χ0n) is 11.6. The van der Waals surface area contributed by atoms with E-state index < -0.39 is 15.6 Å². The highest BCUT2D eigenvalue weighted by atomic mass is 35.5. The van der Waals surface area contributed by atoms with E-state index in [0.29, 0.717) is 23.8 Å². The predicted molar refractivity (Wildman–Crippen MR) is 79.4 cm³/mol. The molecule has 0 radical (unpaired) electrons. The Kier molecular flexibility index (Phi) is 4.30. The van der Waals surface area contributed by atoms with Gasteiger partial charge in [-0.25, -0.2) is 13.1 Å². The summed E-state index contributed by atoms with van der Waals surface area (Å²) in [5.74, 6) is 0. The number of halogens is 1. The summed E-state index contributed by atoms with van der Waals surface area (Å²) >= 11 is 5.90. The summed E-state index contributed by atoms with van der Waals surface area (Å²) in [5.41, 5.74) is 5.94. The number of sulfonamides is 1. The summed E-state index contributed by atoms with van der Waals surface area (Å²) < 4.78 is 33.1. The SMILES string of the molecule is Cc1cc(Cl)c(N)cc1S(=O)(=O)NC1(C)CCCOC1. The van der Waals surface area contributed by atoms with E-state index in [1.54, 1.807) is 13.0 Å². The zero-order chi connectivity index (χ0) is 15.0. The first-order valence-corrected chi connectivity index (χ1v) is 8.27. The van der Waals surface area contributed by atoms with Crippen LogP contribution in [-0.2, 0) is 14.8 Å². The van der Waals surface area contributed by atoms with E-state index in [9.17, 15) is 8.42 Å². The predicted octanol–water partition coefficient (Wildman–Crippen LogP) is 2.08. The third-order valence-corrected chi connectivity index (χ3v) is 5.51. The molecule has 20 heavy (non-hydrogen) atoms. The maximum absolute atomic E-state index is 12.5. The van der Waals surface area contributed by atoms with Gasteiger partial charge < -0.3 is 10.5 Å². The molecule has 0 aliphatic carbocycles. The Balaban J connectivity index is 2.33. The molecule has 0 amide bonds. The number of aryl methyl sites for hydroxylation is 1. The third kappa shape index (κ3) is 3.25. The summed E-state index contributed by atoms with van der Waals surface area (Å²) in [6.45, 7) is 4.58. The molecule has 1 heterocycles. The summed E-state index contributed by atoms with van der Waals surface area (Å²) in [4.78, 5) is 0.159. The molecular weight excluding hydrogens is 300 g/mol. The van der Waals surface area contributed by atoms with E-state index in [-0.39, 0.29) is 10.6 Å². The van der Waals surface area contributed by atoms with Crippen molar-refractivity contribution < 1.29 is 13.2 Å². The number of hydrogen-bond acceptors (Lipinski definition) is 4. The summed E-state index contributed by atoms with van der Waals surface area (Å²) in [7, 11) is -3.66. The summed E-state index contributed by atoms with van der Waals surface area (Å²) in [6.07, 6.45) is 1.58. The Morgan fingerprint density at radius 1 is 1.45 bits per heavy atom. The molecule has 1 aromatic rings. The van der Waals surface area contributed by atoms with Gasteiger partial charge in [0, 0.05) is 6.61 Å². The maximum Gasteiger partial charge on any atom is 0.241 e. The van der Waals surface area contributed by atoms with Crippen molar-refractivity contribution in [2.24, 2.45) is 0 Å². The molecule has 1 atom stereocenters. The van der Waals surface area contributed by atoms with Crippen LogP contribution in [0.3, 0.4) is 0 Å². The van der Waals surface area contributed by atoms with E-state index in [2.05, 4.69) is 4.72 Å². The summed E-state index contributed by atoms with van der Waals surface area (Å²) in [6, 6.07) is 2.96. The van der Waals surface area contributed by atoms with Crippen LogP contribution >= 0.6 is 11.6 Å². The van der Waals surface area contributed by atoms with E-state index in [1.807, 2.05) is 6.92 Å². The zero-order valence-corrected chi connectivity index (χ0v) is 13.1. The molecule has 1 fully saturated rings. The van der Waals surface area contributed by atoms with E-state index in [1.165, 1.54) is 6.07 Å². The molecule has 5 nitrogen and oxygen atoms in total. The van der Waals surface area contributed by atoms with Crippen LogP contribution in [0.1, 0.15) is 25.3 Å². The molecule has 1 aliphatic heterocycles. The van der Waals surface area contributed by atoms with Crippen LogP contribution in [0.2, 0.25) is 5.02 Å². The lowest BCUT2D eigenvalue weighted by Gasteiger charge is -2.34. The Morgan fingerprint density at radius 3 is 2.75 bits per heavy atom. The van der Waals surface area contributed by atoms with Gasteiger partial charge in [0.25, 0.3) is 0 Å². The Labute approximate surface area is 124 Å². The van der Waals surface area contributed by atoms with Gasteiger partial charge in [-0.1, -0.05) is 11.6 Å². The minimum absolute atomic E-state index is 0.159. The molecule has 3 N–H and O–H groups in total. The van der Waals surface area contributed by atoms with Crippen molar-refractivity contribution >= 4 is 27.3 Å². The highest BCUT2D eigenvalue weighted by Crippen LogP contribution is 2.28. The second-order valence-electron chi connectivity index (χ2n) is 5.46. The Morgan fingerprint density at radius 2 is 2.15 bits per heavy atom. The number of rotatable bonds is 3. The van der Waals surface area contributed by atoms with Crippen LogP contribution in [0.4, 0.5) is 5.69 Å². The van der Waals surface area contributed by atoms with Crippen molar-refractivity contribution in [2.75, 3.05) is 18.9 Å². The topological polar surface area (TPSA) is 81.4 Å². The Bertz CT molecular complexity index is 610. The van der Waals surface area contributed by atoms with Crippen molar-refractivity contribution in [3.8, 4) is 0 Å². The number of nitrogens with two attached hydrogens (primary N) is 1. The van der Waals surface area contributed by atoms with Crippen LogP contribution in [0, 0.1) is 6.92 Å². The number of nitrogen functional groups attached to an aromatic ring is 1. The van der Waals surface area contributed by atoms with Crippen molar-refractivity contribution in [1.29, 1.82) is 0 Å². The molecule has 7 heteroatoms. The first-order valence-electron chi connectivity index (χ1n) is 6.41. The fraction of sp³-hybridized carbons (Fsp3) is 0.538. The number of hydrogen-bond donors (Lipinski definition) is 2. The molecule has 0 aromatic heterocycles. The molecule has 1 aliphatic rings. The maximum atomic E-state index is 12.5. The van der Waals surface area contributed by atoms with Gasteiger partial charge in [-0.05, 0) is 44.4 Å². The molecule has 0 spiro atoms. The van der Waals surface area contributed by atoms with E-state index in [0.717, 1.165) is 12.8 Å². The Hall–Kier alpha value is -0.820. The van der Waals surface area contributed by atoms with Crippen LogP contribution in [0.5, 0.6) is 0 Å². The standard InChI is InChI=1S/C13H19ClN2O3S/c1-9-6-10(14)11(15)7-12(9)20(17,18)16-13(2)4-3-5-19-8-13/h6-7,16H,3-5,8,15H2,1-2H3. The van der Waals surface area contributed by atoms with Crippen LogP contribution in [-0.4, -0.2) is 27.2 Å². The monoisotopic (exact) mass is 318 g/mol. The molecule has 2 rings (SSSR count). The highest BCUT2D eigenvalue weighted by molar-refractivity contribution is 7.89. The average Bonchev–Trinajstić information content (AvgIpc) is 2.33. The second-order valence-corrected chi connectivity index (χ2v) is 7.52. The third-order valence-electron chi connectivity index (χ3n) is 3.40. The van der Waals surface area contributed by atoms with Crippen LogP contribution in [0.25, 0.3) is 0 Å². The lowest BCUT2D eigenvalue weighted by molar-refractivity contribution is 0.0386. The molecule has 0 bridgehead atoms. The first-order chi connectivity index (χ1) is 9.23. The minimum Gasteiger partial charge on any atom is -0.397 e. The van der Waals surface area contributed by atoms with Gasteiger partial charge >= 0.3 is 0 Å². The smallest absolute Gasteiger partial charge is 0.241 e. The van der Waals surface area contributed by atoms with Crippen molar-refractivity contribution in [2.45, 2.75) is 37.1 Å². The largest absolute Gasteiger partial charge is 0.397 e. The molecule has 112 valence electrons. The average molecular weight is 319 g/mol. The van der Waals surface area contributed by atoms with Gasteiger partial charge in [0.15, 0.2) is 0 Å². The minimum atomic E-state index is -3.66. The van der Waals surface area contributed by atoms with Gasteiger partial charge in [-0.15, -0.1) is 0 Å². The molecule has 1 aromatic carbocycles. The molecule has 0 saturated carbocycles. The quantitative estimate of drug-likeness (QED) is 0.836. The van der Waals surface area contributed by atoms with Gasteiger partial charge in [0.2, 0.25) is 10.0 Å². The molecule has 1 saturated heterocycles. The number of ether oxygens (including phenoxy) is 1. The van der Waals surface area contributed by atoms with E-state index in [4.69, 9.17) is 22.1 Å². The number of benzene rings is 1. The number of nitrogens with one attached hydrogen (secondary N) is 1.